The summed E-state index contributed by atoms with van der Waals surface area (Å²) in [6.45, 7) is 8.54. The first-order valence-corrected chi connectivity index (χ1v) is 6.22. The minimum atomic E-state index is -0.927. The van der Waals surface area contributed by atoms with Crippen LogP contribution in [0.1, 0.15) is 53.4 Å². The van der Waals surface area contributed by atoms with Crippen LogP contribution in [0.4, 0.5) is 0 Å². The molecule has 0 aromatic heterocycles. The molecule has 2 unspecified atom stereocenters. The predicted octanol–water partition coefficient (Wildman–Crippen LogP) is 2.18. The Morgan fingerprint density at radius 1 is 1.29 bits per heavy atom. The summed E-state index contributed by atoms with van der Waals surface area (Å²) < 4.78 is 0. The lowest BCUT2D eigenvalue weighted by molar-refractivity contribution is -0.139. The van der Waals surface area contributed by atoms with E-state index in [0.717, 1.165) is 12.8 Å². The molecule has 0 bridgehead atoms. The van der Waals surface area contributed by atoms with Gasteiger partial charge in [0.05, 0.1) is 6.42 Å². The van der Waals surface area contributed by atoms with E-state index in [0.29, 0.717) is 5.92 Å². The van der Waals surface area contributed by atoms with E-state index < -0.39 is 5.97 Å². The van der Waals surface area contributed by atoms with Gasteiger partial charge in [0, 0.05) is 12.0 Å². The molecule has 0 aromatic carbocycles. The molecule has 2 atom stereocenters. The summed E-state index contributed by atoms with van der Waals surface area (Å²) in [5.74, 6) is -0.660. The standard InChI is InChI=1S/C13H23NO3/c1-9-7-8-12(2,3)13(9,4)14-10(15)5-6-11(16)17/h9H,5-8H2,1-4H3,(H,14,15)(H,16,17). The molecule has 1 fully saturated rings. The zero-order chi connectivity index (χ0) is 13.3. The van der Waals surface area contributed by atoms with E-state index in [1.807, 2.05) is 0 Å². The molecule has 0 aromatic rings. The minimum absolute atomic E-state index is 0.0608. The third-order valence-corrected chi connectivity index (χ3v) is 4.56. The summed E-state index contributed by atoms with van der Waals surface area (Å²) in [6.07, 6.45) is 2.15. The van der Waals surface area contributed by atoms with Gasteiger partial charge in [0.25, 0.3) is 0 Å². The second-order valence-corrected chi connectivity index (χ2v) is 5.97. The van der Waals surface area contributed by atoms with Crippen molar-refractivity contribution < 1.29 is 14.7 Å². The number of rotatable bonds is 4. The zero-order valence-electron chi connectivity index (χ0n) is 11.2. The summed E-state index contributed by atoms with van der Waals surface area (Å²) in [6, 6.07) is 0. The maximum Gasteiger partial charge on any atom is 0.303 e. The zero-order valence-corrected chi connectivity index (χ0v) is 11.2. The number of hydrogen-bond acceptors (Lipinski definition) is 2. The van der Waals surface area contributed by atoms with Gasteiger partial charge in [0.2, 0.25) is 5.91 Å². The first-order valence-electron chi connectivity index (χ1n) is 6.22. The average Bonchev–Trinajstić information content (AvgIpc) is 2.40. The van der Waals surface area contributed by atoms with Crippen LogP contribution in [0.5, 0.6) is 0 Å². The van der Waals surface area contributed by atoms with Crippen LogP contribution in [0.25, 0.3) is 0 Å². The molecule has 4 nitrogen and oxygen atoms in total. The van der Waals surface area contributed by atoms with Crippen molar-refractivity contribution in [1.82, 2.24) is 5.32 Å². The lowest BCUT2D eigenvalue weighted by Gasteiger charge is -2.42. The fraction of sp³-hybridized carbons (Fsp3) is 0.846. The van der Waals surface area contributed by atoms with Crippen molar-refractivity contribution in [2.45, 2.75) is 58.9 Å². The molecular weight excluding hydrogens is 218 g/mol. The highest BCUT2D eigenvalue weighted by molar-refractivity contribution is 5.81. The van der Waals surface area contributed by atoms with Crippen LogP contribution in [0.2, 0.25) is 0 Å². The van der Waals surface area contributed by atoms with Gasteiger partial charge in [-0.2, -0.15) is 0 Å². The van der Waals surface area contributed by atoms with Gasteiger partial charge in [-0.3, -0.25) is 9.59 Å². The molecule has 1 amide bonds. The summed E-state index contributed by atoms with van der Waals surface area (Å²) in [5.41, 5.74) is -0.173. The van der Waals surface area contributed by atoms with E-state index in [1.54, 1.807) is 0 Å². The smallest absolute Gasteiger partial charge is 0.303 e. The SMILES string of the molecule is CC1CCC(C)(C)C1(C)NC(=O)CCC(=O)O. The number of carboxylic acid groups (broad SMARTS) is 1. The molecule has 1 rings (SSSR count). The van der Waals surface area contributed by atoms with E-state index in [2.05, 4.69) is 33.0 Å². The molecule has 2 N–H and O–H groups in total. The fourth-order valence-corrected chi connectivity index (χ4v) is 2.66. The van der Waals surface area contributed by atoms with Gasteiger partial charge in [-0.1, -0.05) is 20.8 Å². The molecule has 0 saturated heterocycles. The number of amides is 1. The Balaban J connectivity index is 2.65. The van der Waals surface area contributed by atoms with E-state index in [-0.39, 0.29) is 29.7 Å². The lowest BCUT2D eigenvalue weighted by Crippen LogP contribution is -2.56. The van der Waals surface area contributed by atoms with Crippen LogP contribution >= 0.6 is 0 Å². The quantitative estimate of drug-likeness (QED) is 0.792. The van der Waals surface area contributed by atoms with Gasteiger partial charge in [0.1, 0.15) is 0 Å². The second-order valence-electron chi connectivity index (χ2n) is 5.97. The maximum absolute atomic E-state index is 11.8. The molecular formula is C13H23NO3. The number of hydrogen-bond donors (Lipinski definition) is 2. The summed E-state index contributed by atoms with van der Waals surface area (Å²) in [5, 5.41) is 11.6. The number of nitrogens with one attached hydrogen (secondary N) is 1. The van der Waals surface area contributed by atoms with Gasteiger partial charge in [-0.05, 0) is 31.1 Å². The van der Waals surface area contributed by atoms with Crippen LogP contribution in [-0.4, -0.2) is 22.5 Å². The molecule has 1 aliphatic carbocycles. The van der Waals surface area contributed by atoms with Crippen molar-refractivity contribution in [1.29, 1.82) is 0 Å². The third-order valence-electron chi connectivity index (χ3n) is 4.56. The highest BCUT2D eigenvalue weighted by atomic mass is 16.4. The average molecular weight is 241 g/mol. The molecule has 17 heavy (non-hydrogen) atoms. The molecule has 98 valence electrons. The van der Waals surface area contributed by atoms with Gasteiger partial charge in [-0.15, -0.1) is 0 Å². The lowest BCUT2D eigenvalue weighted by atomic mass is 9.73. The third kappa shape index (κ3) is 2.79. The second kappa shape index (κ2) is 4.67. The summed E-state index contributed by atoms with van der Waals surface area (Å²) in [7, 11) is 0. The van der Waals surface area contributed by atoms with Crippen molar-refractivity contribution >= 4 is 11.9 Å². The molecule has 0 heterocycles. The molecule has 1 saturated carbocycles. The molecule has 0 radical (unpaired) electrons. The normalized spacial score (nSPS) is 31.2. The van der Waals surface area contributed by atoms with E-state index in [9.17, 15) is 9.59 Å². The monoisotopic (exact) mass is 241 g/mol. The van der Waals surface area contributed by atoms with Gasteiger partial charge < -0.3 is 10.4 Å². The van der Waals surface area contributed by atoms with Crippen LogP contribution in [0.15, 0.2) is 0 Å². The van der Waals surface area contributed by atoms with Crippen molar-refractivity contribution in [3.63, 3.8) is 0 Å². The topological polar surface area (TPSA) is 66.4 Å². The summed E-state index contributed by atoms with van der Waals surface area (Å²) in [4.78, 5) is 22.2. The molecule has 0 spiro atoms. The Hall–Kier alpha value is -1.06. The highest BCUT2D eigenvalue weighted by Crippen LogP contribution is 2.49. The van der Waals surface area contributed by atoms with Crippen LogP contribution in [0.3, 0.4) is 0 Å². The first kappa shape index (κ1) is 14.0. The van der Waals surface area contributed by atoms with Crippen molar-refractivity contribution in [2.24, 2.45) is 11.3 Å². The van der Waals surface area contributed by atoms with E-state index >= 15 is 0 Å². The van der Waals surface area contributed by atoms with Crippen molar-refractivity contribution in [3.8, 4) is 0 Å². The molecule has 1 aliphatic rings. The minimum Gasteiger partial charge on any atom is -0.481 e. The maximum atomic E-state index is 11.8. The number of carbonyl (C=O) groups excluding carboxylic acids is 1. The van der Waals surface area contributed by atoms with Crippen LogP contribution < -0.4 is 5.32 Å². The largest absolute Gasteiger partial charge is 0.481 e. The molecule has 4 heteroatoms. The van der Waals surface area contributed by atoms with Gasteiger partial charge in [-0.25, -0.2) is 0 Å². The van der Waals surface area contributed by atoms with Crippen molar-refractivity contribution in [2.75, 3.05) is 0 Å². The van der Waals surface area contributed by atoms with Gasteiger partial charge in [0.15, 0.2) is 0 Å². The van der Waals surface area contributed by atoms with Gasteiger partial charge >= 0.3 is 5.97 Å². The number of carboxylic acids is 1. The Morgan fingerprint density at radius 3 is 2.29 bits per heavy atom. The number of carbonyl (C=O) groups is 2. The van der Waals surface area contributed by atoms with Crippen LogP contribution in [-0.2, 0) is 9.59 Å². The fourth-order valence-electron chi connectivity index (χ4n) is 2.66. The Morgan fingerprint density at radius 2 is 1.88 bits per heavy atom. The Kier molecular flexibility index (Phi) is 3.84. The first-order chi connectivity index (χ1) is 7.69. The summed E-state index contributed by atoms with van der Waals surface area (Å²) >= 11 is 0. The highest BCUT2D eigenvalue weighted by Gasteiger charge is 2.50. The number of aliphatic carboxylic acids is 1. The Labute approximate surface area is 103 Å². The predicted molar refractivity (Wildman–Crippen MR) is 65.6 cm³/mol. The Bertz CT molecular complexity index is 325. The van der Waals surface area contributed by atoms with Crippen molar-refractivity contribution in [3.05, 3.63) is 0 Å². The van der Waals surface area contributed by atoms with E-state index in [4.69, 9.17) is 5.11 Å². The van der Waals surface area contributed by atoms with E-state index in [1.165, 1.54) is 0 Å². The van der Waals surface area contributed by atoms with Crippen LogP contribution in [0, 0.1) is 11.3 Å². The molecule has 0 aliphatic heterocycles.